The molecule has 0 bridgehead atoms. The van der Waals surface area contributed by atoms with E-state index in [4.69, 9.17) is 0 Å². The summed E-state index contributed by atoms with van der Waals surface area (Å²) in [4.78, 5) is 10.7. The maximum atomic E-state index is 10.7. The van der Waals surface area contributed by atoms with E-state index in [0.717, 1.165) is 12.7 Å². The molecule has 0 aliphatic heterocycles. The lowest BCUT2D eigenvalue weighted by atomic mass is 9.76. The predicted molar refractivity (Wildman–Crippen MR) is 46.3 cm³/mol. The number of hydrogen-bond acceptors (Lipinski definition) is 1. The largest absolute Gasteiger partial charge is 0.303 e. The van der Waals surface area contributed by atoms with Gasteiger partial charge in [-0.3, -0.25) is 0 Å². The number of hydrogen-bond donors (Lipinski definition) is 0. The van der Waals surface area contributed by atoms with Crippen molar-refractivity contribution in [2.24, 2.45) is 17.8 Å². The van der Waals surface area contributed by atoms with E-state index in [9.17, 15) is 4.79 Å². The monoisotopic (exact) mass is 152 g/mol. The third kappa shape index (κ3) is 1.70. The zero-order valence-electron chi connectivity index (χ0n) is 7.50. The van der Waals surface area contributed by atoms with E-state index in [1.807, 2.05) is 0 Å². The van der Waals surface area contributed by atoms with Gasteiger partial charge in [0.1, 0.15) is 6.29 Å². The van der Waals surface area contributed by atoms with Gasteiger partial charge in [0.15, 0.2) is 0 Å². The average molecular weight is 152 g/mol. The highest BCUT2D eigenvalue weighted by atomic mass is 16.1. The predicted octanol–water partition coefficient (Wildman–Crippen LogP) is 2.42. The van der Waals surface area contributed by atoms with Gasteiger partial charge in [0.05, 0.1) is 0 Å². The van der Waals surface area contributed by atoms with Crippen LogP contribution in [0.4, 0.5) is 0 Å². The fourth-order valence-electron chi connectivity index (χ4n) is 2.05. The van der Waals surface area contributed by atoms with Crippen LogP contribution in [0.3, 0.4) is 0 Å². The fraction of sp³-hybridized carbons (Fsp3) is 0.700. The average Bonchev–Trinajstić information content (AvgIpc) is 1.85. The molecule has 0 radical (unpaired) electrons. The van der Waals surface area contributed by atoms with Gasteiger partial charge in [-0.25, -0.2) is 0 Å². The normalized spacial score (nSPS) is 38.1. The van der Waals surface area contributed by atoms with Crippen molar-refractivity contribution in [1.29, 1.82) is 0 Å². The molecule has 62 valence electrons. The molecule has 0 aromatic heterocycles. The zero-order chi connectivity index (χ0) is 8.43. The smallest absolute Gasteiger partial charge is 0.123 e. The van der Waals surface area contributed by atoms with E-state index >= 15 is 0 Å². The summed E-state index contributed by atoms with van der Waals surface area (Å²) in [7, 11) is 0. The first kappa shape index (κ1) is 8.51. The molecular formula is C10H16O. The second kappa shape index (κ2) is 3.21. The van der Waals surface area contributed by atoms with Crippen LogP contribution in [0, 0.1) is 17.8 Å². The Bertz CT molecular complexity index is 181. The molecule has 0 saturated carbocycles. The molecule has 1 rings (SSSR count). The minimum atomic E-state index is 0.249. The Labute approximate surface area is 68.5 Å². The van der Waals surface area contributed by atoms with Crippen LogP contribution in [0.15, 0.2) is 11.6 Å². The Balaban J connectivity index is 2.76. The molecule has 0 fully saturated rings. The first-order chi connectivity index (χ1) is 5.15. The SMILES string of the molecule is CC1=C[C@H](C)[C@H](C=O)[C@@H](C)C1. The van der Waals surface area contributed by atoms with Gasteiger partial charge in [-0.1, -0.05) is 25.5 Å². The van der Waals surface area contributed by atoms with Crippen molar-refractivity contribution in [2.45, 2.75) is 27.2 Å². The van der Waals surface area contributed by atoms with Gasteiger partial charge < -0.3 is 4.79 Å². The fourth-order valence-corrected chi connectivity index (χ4v) is 2.05. The summed E-state index contributed by atoms with van der Waals surface area (Å²) >= 11 is 0. The van der Waals surface area contributed by atoms with Crippen molar-refractivity contribution >= 4 is 6.29 Å². The van der Waals surface area contributed by atoms with Crippen LogP contribution in [-0.2, 0) is 4.79 Å². The second-order valence-electron chi connectivity index (χ2n) is 3.77. The number of aldehydes is 1. The number of rotatable bonds is 1. The molecule has 1 heteroatoms. The van der Waals surface area contributed by atoms with Crippen LogP contribution in [0.2, 0.25) is 0 Å². The molecule has 11 heavy (non-hydrogen) atoms. The number of carbonyl (C=O) groups excluding carboxylic acids is 1. The minimum Gasteiger partial charge on any atom is -0.303 e. The van der Waals surface area contributed by atoms with Gasteiger partial charge in [-0.15, -0.1) is 0 Å². The highest BCUT2D eigenvalue weighted by Gasteiger charge is 2.25. The molecular weight excluding hydrogens is 136 g/mol. The van der Waals surface area contributed by atoms with Crippen LogP contribution < -0.4 is 0 Å². The molecule has 0 amide bonds. The van der Waals surface area contributed by atoms with Crippen LogP contribution in [0.25, 0.3) is 0 Å². The third-order valence-electron chi connectivity index (χ3n) is 2.61. The highest BCUT2D eigenvalue weighted by molar-refractivity contribution is 5.55. The van der Waals surface area contributed by atoms with Crippen molar-refractivity contribution in [3.63, 3.8) is 0 Å². The summed E-state index contributed by atoms with van der Waals surface area (Å²) in [6.45, 7) is 6.43. The molecule has 0 N–H and O–H groups in total. The van der Waals surface area contributed by atoms with E-state index in [2.05, 4.69) is 26.8 Å². The maximum absolute atomic E-state index is 10.7. The zero-order valence-corrected chi connectivity index (χ0v) is 7.50. The molecule has 0 aromatic rings. The van der Waals surface area contributed by atoms with E-state index in [-0.39, 0.29) is 5.92 Å². The molecule has 0 spiro atoms. The summed E-state index contributed by atoms with van der Waals surface area (Å²) in [5, 5.41) is 0. The van der Waals surface area contributed by atoms with E-state index in [1.165, 1.54) is 5.57 Å². The van der Waals surface area contributed by atoms with E-state index in [1.54, 1.807) is 0 Å². The van der Waals surface area contributed by atoms with Crippen molar-refractivity contribution in [1.82, 2.24) is 0 Å². The lowest BCUT2D eigenvalue weighted by molar-refractivity contribution is -0.113. The first-order valence-corrected chi connectivity index (χ1v) is 4.27. The van der Waals surface area contributed by atoms with Crippen molar-refractivity contribution in [3.05, 3.63) is 11.6 Å². The summed E-state index contributed by atoms with van der Waals surface area (Å²) in [6.07, 6.45) is 4.42. The molecule has 0 aromatic carbocycles. The lowest BCUT2D eigenvalue weighted by Gasteiger charge is -2.28. The standard InChI is InChI=1S/C10H16O/c1-7-4-8(2)10(6-11)9(3)5-7/h4,6,8-10H,5H2,1-3H3/t8-,9-,10-/m0/s1. The maximum Gasteiger partial charge on any atom is 0.123 e. The van der Waals surface area contributed by atoms with Crippen molar-refractivity contribution in [3.8, 4) is 0 Å². The Morgan fingerprint density at radius 3 is 2.64 bits per heavy atom. The minimum absolute atomic E-state index is 0.249. The Hall–Kier alpha value is -0.590. The molecule has 1 aliphatic rings. The van der Waals surface area contributed by atoms with Gasteiger partial charge in [-0.2, -0.15) is 0 Å². The van der Waals surface area contributed by atoms with Crippen LogP contribution in [0.1, 0.15) is 27.2 Å². The Morgan fingerprint density at radius 1 is 1.55 bits per heavy atom. The van der Waals surface area contributed by atoms with Gasteiger partial charge in [0.2, 0.25) is 0 Å². The molecule has 0 unspecified atom stereocenters. The number of carbonyl (C=O) groups is 1. The summed E-state index contributed by atoms with van der Waals surface area (Å²) in [6, 6.07) is 0. The van der Waals surface area contributed by atoms with Crippen molar-refractivity contribution in [2.75, 3.05) is 0 Å². The molecule has 0 saturated heterocycles. The summed E-state index contributed by atoms with van der Waals surface area (Å²) in [5.74, 6) is 1.22. The Morgan fingerprint density at radius 2 is 2.18 bits per heavy atom. The molecule has 1 nitrogen and oxygen atoms in total. The topological polar surface area (TPSA) is 17.1 Å². The molecule has 0 heterocycles. The van der Waals surface area contributed by atoms with Crippen LogP contribution in [0.5, 0.6) is 0 Å². The third-order valence-corrected chi connectivity index (χ3v) is 2.61. The summed E-state index contributed by atoms with van der Waals surface area (Å²) in [5.41, 5.74) is 1.43. The first-order valence-electron chi connectivity index (χ1n) is 4.27. The van der Waals surface area contributed by atoms with Crippen LogP contribution in [-0.4, -0.2) is 6.29 Å². The molecule has 1 aliphatic carbocycles. The Kier molecular flexibility index (Phi) is 2.48. The lowest BCUT2D eigenvalue weighted by Crippen LogP contribution is -2.24. The highest BCUT2D eigenvalue weighted by Crippen LogP contribution is 2.31. The number of allylic oxidation sites excluding steroid dienone is 2. The quantitative estimate of drug-likeness (QED) is 0.416. The van der Waals surface area contributed by atoms with E-state index < -0.39 is 0 Å². The van der Waals surface area contributed by atoms with Crippen LogP contribution >= 0.6 is 0 Å². The van der Waals surface area contributed by atoms with Gasteiger partial charge >= 0.3 is 0 Å². The van der Waals surface area contributed by atoms with Gasteiger partial charge in [0, 0.05) is 5.92 Å². The second-order valence-corrected chi connectivity index (χ2v) is 3.77. The van der Waals surface area contributed by atoms with Gasteiger partial charge in [0.25, 0.3) is 0 Å². The molecule has 3 atom stereocenters. The van der Waals surface area contributed by atoms with Crippen molar-refractivity contribution < 1.29 is 4.79 Å². The van der Waals surface area contributed by atoms with E-state index in [0.29, 0.717) is 11.8 Å². The van der Waals surface area contributed by atoms with Gasteiger partial charge in [-0.05, 0) is 25.2 Å². The summed E-state index contributed by atoms with van der Waals surface area (Å²) < 4.78 is 0.